The second kappa shape index (κ2) is 7.90. The Morgan fingerprint density at radius 3 is 2.55 bits per heavy atom. The first-order chi connectivity index (χ1) is 9.79. The first-order valence-electron chi connectivity index (χ1n) is 7.61. The topological polar surface area (TPSA) is 44.4 Å². The van der Waals surface area contributed by atoms with Gasteiger partial charge in [0.15, 0.2) is 0 Å². The highest BCUT2D eigenvalue weighted by Gasteiger charge is 2.11. The second-order valence-electron chi connectivity index (χ2n) is 5.31. The van der Waals surface area contributed by atoms with Gasteiger partial charge in [0, 0.05) is 31.9 Å². The number of nitrogens with one attached hydrogen (secondary N) is 2. The van der Waals surface area contributed by atoms with E-state index in [4.69, 9.17) is 0 Å². The molecule has 1 aromatic rings. The van der Waals surface area contributed by atoms with Gasteiger partial charge < -0.3 is 15.5 Å². The summed E-state index contributed by atoms with van der Waals surface area (Å²) in [4.78, 5) is 13.9. The van der Waals surface area contributed by atoms with Crippen LogP contribution in [0.2, 0.25) is 0 Å². The van der Waals surface area contributed by atoms with Crippen LogP contribution in [0, 0.1) is 0 Å². The van der Waals surface area contributed by atoms with Gasteiger partial charge in [0.1, 0.15) is 0 Å². The predicted molar refractivity (Wildman–Crippen MR) is 82.9 cm³/mol. The average molecular weight is 275 g/mol. The number of anilines is 1. The van der Waals surface area contributed by atoms with Crippen LogP contribution in [0.5, 0.6) is 0 Å². The molecule has 0 unspecified atom stereocenters. The Labute approximate surface area is 121 Å². The molecule has 1 aliphatic heterocycles. The van der Waals surface area contributed by atoms with Crippen molar-refractivity contribution in [2.24, 2.45) is 0 Å². The Bertz CT molecular complexity index is 410. The minimum absolute atomic E-state index is 0.0699. The molecule has 1 aliphatic rings. The zero-order valence-corrected chi connectivity index (χ0v) is 12.3. The van der Waals surface area contributed by atoms with E-state index in [0.717, 1.165) is 19.5 Å². The van der Waals surface area contributed by atoms with Crippen LogP contribution in [-0.2, 0) is 11.3 Å². The number of hydrogen-bond donors (Lipinski definition) is 2. The fourth-order valence-electron chi connectivity index (χ4n) is 2.45. The summed E-state index contributed by atoms with van der Waals surface area (Å²) < 4.78 is 0. The molecule has 1 saturated heterocycles. The Hall–Kier alpha value is -1.55. The highest BCUT2D eigenvalue weighted by molar-refractivity contribution is 5.77. The number of nitrogens with zero attached hydrogens (tertiary/aromatic N) is 1. The molecule has 0 bridgehead atoms. The van der Waals surface area contributed by atoms with Crippen LogP contribution in [0.4, 0.5) is 5.69 Å². The molecule has 2 rings (SSSR count). The quantitative estimate of drug-likeness (QED) is 0.799. The van der Waals surface area contributed by atoms with Crippen LogP contribution in [0.15, 0.2) is 24.3 Å². The minimum atomic E-state index is 0.0699. The van der Waals surface area contributed by atoms with Gasteiger partial charge in [-0.2, -0.15) is 0 Å². The molecule has 1 aromatic carbocycles. The molecular formula is C16H25N3O. The molecular weight excluding hydrogens is 250 g/mol. The fourth-order valence-corrected chi connectivity index (χ4v) is 2.45. The van der Waals surface area contributed by atoms with Gasteiger partial charge in [-0.1, -0.05) is 19.1 Å². The molecule has 110 valence electrons. The van der Waals surface area contributed by atoms with Crippen LogP contribution in [0.1, 0.15) is 31.7 Å². The van der Waals surface area contributed by atoms with E-state index in [1.54, 1.807) is 0 Å². The fraction of sp³-hybridized carbons (Fsp3) is 0.562. The van der Waals surface area contributed by atoms with E-state index in [1.165, 1.54) is 37.2 Å². The lowest BCUT2D eigenvalue weighted by atomic mass is 10.2. The number of hydrogen-bond acceptors (Lipinski definition) is 3. The molecule has 4 heteroatoms. The number of carbonyl (C=O) groups excluding carboxylic acids is 1. The molecule has 1 amide bonds. The third-order valence-electron chi connectivity index (χ3n) is 3.59. The van der Waals surface area contributed by atoms with Gasteiger partial charge in [0.2, 0.25) is 5.91 Å². The van der Waals surface area contributed by atoms with E-state index in [0.29, 0.717) is 6.54 Å². The Morgan fingerprint density at radius 1 is 1.20 bits per heavy atom. The molecule has 2 N–H and O–H groups in total. The number of rotatable bonds is 7. The van der Waals surface area contributed by atoms with Crippen molar-refractivity contribution in [2.45, 2.75) is 32.7 Å². The zero-order chi connectivity index (χ0) is 14.2. The van der Waals surface area contributed by atoms with Crippen molar-refractivity contribution >= 4 is 11.6 Å². The van der Waals surface area contributed by atoms with Gasteiger partial charge in [-0.05, 0) is 37.0 Å². The van der Waals surface area contributed by atoms with Crippen molar-refractivity contribution in [1.29, 1.82) is 0 Å². The largest absolute Gasteiger partial charge is 0.372 e. The lowest BCUT2D eigenvalue weighted by Gasteiger charge is -2.17. The number of benzene rings is 1. The van der Waals surface area contributed by atoms with Crippen molar-refractivity contribution in [3.8, 4) is 0 Å². The highest BCUT2D eigenvalue weighted by Crippen LogP contribution is 2.20. The van der Waals surface area contributed by atoms with E-state index < -0.39 is 0 Å². The Kier molecular flexibility index (Phi) is 5.87. The average Bonchev–Trinajstić information content (AvgIpc) is 3.00. The standard InChI is InChI=1S/C16H25N3O/c1-2-9-18-16(20)13-17-12-14-5-7-15(8-6-14)19-10-3-4-11-19/h5-8,17H,2-4,9-13H2,1H3,(H,18,20). The van der Waals surface area contributed by atoms with Gasteiger partial charge in [-0.25, -0.2) is 0 Å². The summed E-state index contributed by atoms with van der Waals surface area (Å²) in [5.74, 6) is 0.0699. The monoisotopic (exact) mass is 275 g/mol. The summed E-state index contributed by atoms with van der Waals surface area (Å²) >= 11 is 0. The van der Waals surface area contributed by atoms with Gasteiger partial charge >= 0.3 is 0 Å². The molecule has 1 fully saturated rings. The van der Waals surface area contributed by atoms with E-state index in [1.807, 2.05) is 0 Å². The second-order valence-corrected chi connectivity index (χ2v) is 5.31. The number of carbonyl (C=O) groups is 1. The normalized spacial score (nSPS) is 14.6. The third kappa shape index (κ3) is 4.53. The molecule has 0 radical (unpaired) electrons. The highest BCUT2D eigenvalue weighted by atomic mass is 16.1. The van der Waals surface area contributed by atoms with Crippen molar-refractivity contribution in [3.63, 3.8) is 0 Å². The van der Waals surface area contributed by atoms with Crippen molar-refractivity contribution < 1.29 is 4.79 Å². The van der Waals surface area contributed by atoms with E-state index in [-0.39, 0.29) is 5.91 Å². The van der Waals surface area contributed by atoms with Crippen LogP contribution in [0.25, 0.3) is 0 Å². The first kappa shape index (κ1) is 14.9. The van der Waals surface area contributed by atoms with Gasteiger partial charge in [-0.15, -0.1) is 0 Å². The maximum absolute atomic E-state index is 11.4. The summed E-state index contributed by atoms with van der Waals surface area (Å²) in [6, 6.07) is 8.65. The van der Waals surface area contributed by atoms with Crippen LogP contribution in [-0.4, -0.2) is 32.1 Å². The third-order valence-corrected chi connectivity index (χ3v) is 3.59. The van der Waals surface area contributed by atoms with Crippen molar-refractivity contribution in [1.82, 2.24) is 10.6 Å². The summed E-state index contributed by atoms with van der Waals surface area (Å²) in [5, 5.41) is 6.03. The lowest BCUT2D eigenvalue weighted by molar-refractivity contribution is -0.120. The van der Waals surface area contributed by atoms with E-state index in [9.17, 15) is 4.79 Å². The van der Waals surface area contributed by atoms with Crippen LogP contribution >= 0.6 is 0 Å². The summed E-state index contributed by atoms with van der Waals surface area (Å²) in [6.45, 7) is 6.28. The zero-order valence-electron chi connectivity index (χ0n) is 12.3. The minimum Gasteiger partial charge on any atom is -0.372 e. The van der Waals surface area contributed by atoms with Gasteiger partial charge in [0.25, 0.3) is 0 Å². The maximum atomic E-state index is 11.4. The molecule has 20 heavy (non-hydrogen) atoms. The molecule has 0 aliphatic carbocycles. The van der Waals surface area contributed by atoms with E-state index >= 15 is 0 Å². The molecule has 0 saturated carbocycles. The SMILES string of the molecule is CCCNC(=O)CNCc1ccc(N2CCCC2)cc1. The van der Waals surface area contributed by atoms with E-state index in [2.05, 4.69) is 46.7 Å². The maximum Gasteiger partial charge on any atom is 0.233 e. The van der Waals surface area contributed by atoms with Crippen LogP contribution < -0.4 is 15.5 Å². The smallest absolute Gasteiger partial charge is 0.233 e. The predicted octanol–water partition coefficient (Wildman–Crippen LogP) is 1.90. The molecule has 0 spiro atoms. The molecule has 1 heterocycles. The molecule has 0 atom stereocenters. The lowest BCUT2D eigenvalue weighted by Crippen LogP contribution is -2.33. The van der Waals surface area contributed by atoms with Gasteiger partial charge in [-0.3, -0.25) is 4.79 Å². The van der Waals surface area contributed by atoms with Crippen molar-refractivity contribution in [2.75, 3.05) is 31.1 Å². The molecule has 0 aromatic heterocycles. The van der Waals surface area contributed by atoms with Gasteiger partial charge in [0.05, 0.1) is 6.54 Å². The summed E-state index contributed by atoms with van der Waals surface area (Å²) in [5.41, 5.74) is 2.53. The molecule has 4 nitrogen and oxygen atoms in total. The summed E-state index contributed by atoms with van der Waals surface area (Å²) in [6.07, 6.45) is 3.58. The summed E-state index contributed by atoms with van der Waals surface area (Å²) in [7, 11) is 0. The Morgan fingerprint density at radius 2 is 1.90 bits per heavy atom. The Balaban J connectivity index is 1.72. The first-order valence-corrected chi connectivity index (χ1v) is 7.61. The van der Waals surface area contributed by atoms with Crippen molar-refractivity contribution in [3.05, 3.63) is 29.8 Å². The number of amides is 1. The van der Waals surface area contributed by atoms with Crippen LogP contribution in [0.3, 0.4) is 0 Å².